The Labute approximate surface area is 159 Å². The highest BCUT2D eigenvalue weighted by Crippen LogP contribution is 2.30. The third-order valence-corrected chi connectivity index (χ3v) is 4.12. The van der Waals surface area contributed by atoms with Gasteiger partial charge in [-0.15, -0.1) is 0 Å². The van der Waals surface area contributed by atoms with E-state index in [1.807, 2.05) is 12.1 Å². The first kappa shape index (κ1) is 19.3. The second kappa shape index (κ2) is 8.08. The molecule has 3 rings (SSSR count). The van der Waals surface area contributed by atoms with E-state index in [2.05, 4.69) is 9.72 Å². The Morgan fingerprint density at radius 1 is 1.07 bits per heavy atom. The van der Waals surface area contributed by atoms with E-state index in [0.29, 0.717) is 5.56 Å². The van der Waals surface area contributed by atoms with Crippen molar-refractivity contribution in [2.45, 2.75) is 19.6 Å². The van der Waals surface area contributed by atoms with Crippen LogP contribution in [0.5, 0.6) is 11.5 Å². The molecule has 0 fully saturated rings. The van der Waals surface area contributed by atoms with Gasteiger partial charge in [-0.3, -0.25) is 4.79 Å². The number of para-hydroxylation sites is 1. The lowest BCUT2D eigenvalue weighted by atomic mass is 10.1. The highest BCUT2D eigenvalue weighted by atomic mass is 19.3. The number of aromatic amines is 1. The van der Waals surface area contributed by atoms with Crippen LogP contribution < -0.4 is 9.47 Å². The normalized spacial score (nSPS) is 12.0. The maximum absolute atomic E-state index is 12.7. The molecule has 2 aromatic carbocycles. The zero-order valence-electron chi connectivity index (χ0n) is 15.1. The summed E-state index contributed by atoms with van der Waals surface area (Å²) < 4.78 is 39.3. The summed E-state index contributed by atoms with van der Waals surface area (Å²) in [5.74, 6) is -1.42. The first-order valence-electron chi connectivity index (χ1n) is 8.35. The van der Waals surface area contributed by atoms with Crippen LogP contribution in [-0.2, 0) is 4.74 Å². The number of hydrogen-bond acceptors (Lipinski definition) is 5. The fourth-order valence-electron chi connectivity index (χ4n) is 2.76. The van der Waals surface area contributed by atoms with E-state index in [9.17, 15) is 18.4 Å². The monoisotopic (exact) mass is 389 g/mol. The van der Waals surface area contributed by atoms with Gasteiger partial charge in [-0.05, 0) is 31.2 Å². The van der Waals surface area contributed by atoms with Crippen LogP contribution in [0.15, 0.2) is 48.7 Å². The standard InChI is InChI=1S/C20H17F2NO5/c1-11(18(24)14-10-23-15-6-4-3-5-13(14)15)27-19(25)12-7-8-16(28-20(21)22)17(9-12)26-2/h3-11,20,23H,1-2H3/t11-/m0/s1. The fraction of sp³-hybridized carbons (Fsp3) is 0.200. The van der Waals surface area contributed by atoms with Gasteiger partial charge < -0.3 is 19.2 Å². The number of ketones is 1. The molecule has 0 amide bonds. The van der Waals surface area contributed by atoms with Crippen LogP contribution in [-0.4, -0.2) is 36.6 Å². The Hall–Kier alpha value is -3.42. The molecule has 0 saturated heterocycles. The van der Waals surface area contributed by atoms with Gasteiger partial charge in [0.15, 0.2) is 17.6 Å². The molecule has 0 saturated carbocycles. The van der Waals surface area contributed by atoms with Crippen LogP contribution in [0.1, 0.15) is 27.6 Å². The van der Waals surface area contributed by atoms with E-state index in [-0.39, 0.29) is 22.8 Å². The van der Waals surface area contributed by atoms with Crippen LogP contribution in [0.3, 0.4) is 0 Å². The molecule has 28 heavy (non-hydrogen) atoms. The molecule has 1 aromatic heterocycles. The Bertz CT molecular complexity index is 1010. The lowest BCUT2D eigenvalue weighted by Gasteiger charge is -2.14. The van der Waals surface area contributed by atoms with Crippen LogP contribution in [0, 0.1) is 0 Å². The maximum Gasteiger partial charge on any atom is 0.387 e. The zero-order chi connectivity index (χ0) is 20.3. The summed E-state index contributed by atoms with van der Waals surface area (Å²) in [7, 11) is 1.26. The molecule has 0 aliphatic heterocycles. The average Bonchev–Trinajstić information content (AvgIpc) is 3.11. The number of fused-ring (bicyclic) bond motifs is 1. The first-order chi connectivity index (χ1) is 13.4. The van der Waals surface area contributed by atoms with E-state index in [0.717, 1.165) is 10.9 Å². The largest absolute Gasteiger partial charge is 0.493 e. The van der Waals surface area contributed by atoms with Gasteiger partial charge in [0.1, 0.15) is 0 Å². The van der Waals surface area contributed by atoms with Gasteiger partial charge in [-0.1, -0.05) is 18.2 Å². The minimum absolute atomic E-state index is 0.0389. The highest BCUT2D eigenvalue weighted by molar-refractivity contribution is 6.10. The Morgan fingerprint density at radius 3 is 2.54 bits per heavy atom. The van der Waals surface area contributed by atoms with Gasteiger partial charge in [0.05, 0.1) is 12.7 Å². The number of aromatic nitrogens is 1. The summed E-state index contributed by atoms with van der Waals surface area (Å²) in [5.41, 5.74) is 1.25. The Balaban J connectivity index is 1.76. The third kappa shape index (κ3) is 3.95. The highest BCUT2D eigenvalue weighted by Gasteiger charge is 2.23. The SMILES string of the molecule is COc1cc(C(=O)O[C@@H](C)C(=O)c2c[nH]c3ccccc23)ccc1OC(F)F. The molecule has 0 spiro atoms. The Kier molecular flexibility index (Phi) is 5.58. The lowest BCUT2D eigenvalue weighted by molar-refractivity contribution is -0.0512. The van der Waals surface area contributed by atoms with Crippen molar-refractivity contribution < 1.29 is 32.6 Å². The molecule has 0 aliphatic rings. The molecule has 0 aliphatic carbocycles. The van der Waals surface area contributed by atoms with Gasteiger partial charge in [-0.25, -0.2) is 4.79 Å². The van der Waals surface area contributed by atoms with E-state index in [1.165, 1.54) is 32.2 Å². The van der Waals surface area contributed by atoms with Crippen molar-refractivity contribution in [3.8, 4) is 11.5 Å². The molecule has 1 N–H and O–H groups in total. The molecule has 6 nitrogen and oxygen atoms in total. The predicted molar refractivity (Wildman–Crippen MR) is 97.1 cm³/mol. The second-order valence-corrected chi connectivity index (χ2v) is 5.90. The van der Waals surface area contributed by atoms with E-state index in [4.69, 9.17) is 9.47 Å². The molecule has 1 heterocycles. The van der Waals surface area contributed by atoms with Crippen LogP contribution in [0.4, 0.5) is 8.78 Å². The number of alkyl halides is 2. The maximum atomic E-state index is 12.7. The van der Waals surface area contributed by atoms with Crippen molar-refractivity contribution in [3.63, 3.8) is 0 Å². The minimum atomic E-state index is -3.03. The average molecular weight is 389 g/mol. The summed E-state index contributed by atoms with van der Waals surface area (Å²) in [6, 6.07) is 10.9. The van der Waals surface area contributed by atoms with Crippen LogP contribution in [0.25, 0.3) is 10.9 Å². The lowest BCUT2D eigenvalue weighted by Crippen LogP contribution is -2.24. The second-order valence-electron chi connectivity index (χ2n) is 5.90. The molecule has 0 unspecified atom stereocenters. The summed E-state index contributed by atoms with van der Waals surface area (Å²) in [6.45, 7) is -1.56. The molecular weight excluding hydrogens is 372 g/mol. The van der Waals surface area contributed by atoms with Crippen LogP contribution in [0.2, 0.25) is 0 Å². The molecule has 0 bridgehead atoms. The number of H-pyrrole nitrogens is 1. The van der Waals surface area contributed by atoms with Crippen molar-refractivity contribution in [2.24, 2.45) is 0 Å². The van der Waals surface area contributed by atoms with E-state index in [1.54, 1.807) is 18.3 Å². The van der Waals surface area contributed by atoms with Gasteiger partial charge in [0.2, 0.25) is 5.78 Å². The number of ether oxygens (including phenoxy) is 3. The minimum Gasteiger partial charge on any atom is -0.493 e. The number of Topliss-reactive ketones (excluding diaryl/α,β-unsaturated/α-hetero) is 1. The molecule has 146 valence electrons. The van der Waals surface area contributed by atoms with Crippen molar-refractivity contribution in [2.75, 3.05) is 7.11 Å². The molecule has 3 aromatic rings. The van der Waals surface area contributed by atoms with E-state index >= 15 is 0 Å². The number of rotatable bonds is 7. The van der Waals surface area contributed by atoms with Crippen molar-refractivity contribution in [1.82, 2.24) is 4.98 Å². The van der Waals surface area contributed by atoms with Crippen LogP contribution >= 0.6 is 0 Å². The zero-order valence-corrected chi connectivity index (χ0v) is 15.1. The first-order valence-corrected chi connectivity index (χ1v) is 8.35. The van der Waals surface area contributed by atoms with Crippen molar-refractivity contribution in [1.29, 1.82) is 0 Å². The van der Waals surface area contributed by atoms with Gasteiger partial charge >= 0.3 is 12.6 Å². The number of benzene rings is 2. The molecular formula is C20H17F2NO5. The number of nitrogens with one attached hydrogen (secondary N) is 1. The molecule has 0 radical (unpaired) electrons. The quantitative estimate of drug-likeness (QED) is 0.484. The summed E-state index contributed by atoms with van der Waals surface area (Å²) in [6.07, 6.45) is 0.520. The number of carbonyl (C=O) groups is 2. The Morgan fingerprint density at radius 2 is 1.82 bits per heavy atom. The van der Waals surface area contributed by atoms with Crippen molar-refractivity contribution >= 4 is 22.7 Å². The van der Waals surface area contributed by atoms with Gasteiger partial charge in [0, 0.05) is 22.7 Å². The van der Waals surface area contributed by atoms with Gasteiger partial charge in [-0.2, -0.15) is 8.78 Å². The smallest absolute Gasteiger partial charge is 0.387 e. The number of carbonyl (C=O) groups excluding carboxylic acids is 2. The summed E-state index contributed by atoms with van der Waals surface area (Å²) >= 11 is 0. The molecule has 8 heteroatoms. The third-order valence-electron chi connectivity index (χ3n) is 4.12. The predicted octanol–water partition coefficient (Wildman–Crippen LogP) is 4.21. The number of methoxy groups -OCH3 is 1. The molecule has 1 atom stereocenters. The fourth-order valence-corrected chi connectivity index (χ4v) is 2.76. The number of halogens is 2. The number of hydrogen-bond donors (Lipinski definition) is 1. The summed E-state index contributed by atoms with van der Waals surface area (Å²) in [4.78, 5) is 28.0. The van der Waals surface area contributed by atoms with Gasteiger partial charge in [0.25, 0.3) is 0 Å². The van der Waals surface area contributed by atoms with E-state index < -0.39 is 18.7 Å². The topological polar surface area (TPSA) is 77.6 Å². The summed E-state index contributed by atoms with van der Waals surface area (Å²) in [5, 5.41) is 0.727. The number of esters is 1. The van der Waals surface area contributed by atoms with Crippen molar-refractivity contribution in [3.05, 3.63) is 59.8 Å².